The van der Waals surface area contributed by atoms with E-state index >= 15 is 0 Å². The van der Waals surface area contributed by atoms with Gasteiger partial charge in [0.2, 0.25) is 0 Å². The average molecular weight is 387 g/mol. The monoisotopic (exact) mass is 386 g/mol. The second-order valence-corrected chi connectivity index (χ2v) is 8.97. The molecular weight excluding hydrogens is 351 g/mol. The van der Waals surface area contributed by atoms with Gasteiger partial charge in [-0.15, -0.1) is 0 Å². The molecule has 0 aromatic heterocycles. The van der Waals surface area contributed by atoms with Gasteiger partial charge in [0.05, 0.1) is 6.61 Å². The zero-order valence-electron chi connectivity index (χ0n) is 17.5. The highest BCUT2D eigenvalue weighted by atomic mass is 19.1. The molecule has 28 heavy (non-hydrogen) atoms. The molecule has 2 aliphatic rings. The van der Waals surface area contributed by atoms with Gasteiger partial charge in [0, 0.05) is 0 Å². The summed E-state index contributed by atoms with van der Waals surface area (Å²) in [6, 6.07) is 6.97. The van der Waals surface area contributed by atoms with E-state index < -0.39 is 5.60 Å². The van der Waals surface area contributed by atoms with E-state index in [4.69, 9.17) is 4.74 Å². The van der Waals surface area contributed by atoms with Crippen molar-refractivity contribution >= 4 is 5.78 Å². The Labute approximate surface area is 169 Å². The molecule has 3 atom stereocenters. The van der Waals surface area contributed by atoms with Gasteiger partial charge in [0.15, 0.2) is 5.78 Å². The van der Waals surface area contributed by atoms with Crippen molar-refractivity contribution in [3.8, 4) is 0 Å². The quantitative estimate of drug-likeness (QED) is 0.423. The maximum absolute atomic E-state index is 13.2. The highest BCUT2D eigenvalue weighted by Gasteiger charge is 2.51. The third kappa shape index (κ3) is 5.11. The zero-order valence-corrected chi connectivity index (χ0v) is 17.5. The van der Waals surface area contributed by atoms with Crippen molar-refractivity contribution in [3.63, 3.8) is 0 Å². The molecule has 154 valence electrons. The van der Waals surface area contributed by atoms with Crippen LogP contribution in [0, 0.1) is 17.7 Å². The molecule has 3 heteroatoms. The SMILES string of the molecule is C=C(CCC(CCC)c1ccc(F)cc1)C[C@@H]1CC[C@@](C(C)=O)(C2CC2)OC1. The van der Waals surface area contributed by atoms with Gasteiger partial charge >= 0.3 is 0 Å². The standard InChI is InChI=1S/C25H35FO2/c1-4-5-21(22-8-12-24(26)13-9-22)7-6-18(2)16-20-14-15-25(19(3)27,28-17-20)23-10-11-23/h8-9,12-13,20-21,23H,2,4-7,10-11,14-17H2,1,3H3/t20-,21?,25+/m0/s1. The van der Waals surface area contributed by atoms with Crippen molar-refractivity contribution in [2.24, 2.45) is 11.8 Å². The molecule has 1 aliphatic carbocycles. The Morgan fingerprint density at radius 3 is 2.50 bits per heavy atom. The Kier molecular flexibility index (Phi) is 7.09. The van der Waals surface area contributed by atoms with Crippen molar-refractivity contribution in [2.45, 2.75) is 83.2 Å². The van der Waals surface area contributed by atoms with Crippen LogP contribution in [-0.4, -0.2) is 18.0 Å². The summed E-state index contributed by atoms with van der Waals surface area (Å²) in [6.45, 7) is 8.91. The second-order valence-electron chi connectivity index (χ2n) is 8.97. The summed E-state index contributed by atoms with van der Waals surface area (Å²) in [6.07, 6.45) is 9.50. The van der Waals surface area contributed by atoms with Gasteiger partial charge < -0.3 is 4.74 Å². The van der Waals surface area contributed by atoms with E-state index in [-0.39, 0.29) is 11.6 Å². The molecule has 1 aromatic carbocycles. The van der Waals surface area contributed by atoms with Crippen molar-refractivity contribution < 1.29 is 13.9 Å². The van der Waals surface area contributed by atoms with Crippen LogP contribution >= 0.6 is 0 Å². The summed E-state index contributed by atoms with van der Waals surface area (Å²) in [5, 5.41) is 0. The van der Waals surface area contributed by atoms with Crippen LogP contribution in [0.4, 0.5) is 4.39 Å². The van der Waals surface area contributed by atoms with Gasteiger partial charge in [-0.05, 0) is 93.7 Å². The highest BCUT2D eigenvalue weighted by Crippen LogP contribution is 2.48. The Hall–Kier alpha value is -1.48. The van der Waals surface area contributed by atoms with Gasteiger partial charge in [-0.2, -0.15) is 0 Å². The van der Waals surface area contributed by atoms with Crippen molar-refractivity contribution in [2.75, 3.05) is 6.61 Å². The number of carbonyl (C=O) groups is 1. The van der Waals surface area contributed by atoms with Crippen LogP contribution in [0.25, 0.3) is 0 Å². The lowest BCUT2D eigenvalue weighted by Gasteiger charge is -2.39. The van der Waals surface area contributed by atoms with Gasteiger partial charge in [-0.1, -0.05) is 37.6 Å². The first-order valence-corrected chi connectivity index (χ1v) is 11.0. The molecule has 1 saturated heterocycles. The molecule has 3 rings (SSSR count). The largest absolute Gasteiger partial charge is 0.367 e. The Bertz CT molecular complexity index is 666. The summed E-state index contributed by atoms with van der Waals surface area (Å²) in [5.74, 6) is 1.45. The van der Waals surface area contributed by atoms with Crippen LogP contribution in [-0.2, 0) is 9.53 Å². The highest BCUT2D eigenvalue weighted by molar-refractivity contribution is 5.85. The summed E-state index contributed by atoms with van der Waals surface area (Å²) in [4.78, 5) is 12.2. The van der Waals surface area contributed by atoms with Crippen LogP contribution in [0.3, 0.4) is 0 Å². The van der Waals surface area contributed by atoms with E-state index in [1.807, 2.05) is 12.1 Å². The molecule has 2 fully saturated rings. The fourth-order valence-electron chi connectivity index (χ4n) is 4.89. The number of hydrogen-bond donors (Lipinski definition) is 0. The van der Waals surface area contributed by atoms with Crippen molar-refractivity contribution in [1.82, 2.24) is 0 Å². The number of benzene rings is 1. The lowest BCUT2D eigenvalue weighted by molar-refractivity contribution is -0.158. The normalized spacial score (nSPS) is 26.0. The molecule has 0 N–H and O–H groups in total. The minimum atomic E-state index is -0.480. The first-order chi connectivity index (χ1) is 13.4. The third-order valence-corrected chi connectivity index (χ3v) is 6.74. The fraction of sp³-hybridized carbons (Fsp3) is 0.640. The maximum atomic E-state index is 13.2. The van der Waals surface area contributed by atoms with Gasteiger partial charge in [-0.25, -0.2) is 4.39 Å². The molecule has 1 aliphatic heterocycles. The van der Waals surface area contributed by atoms with Crippen LogP contribution in [0.1, 0.15) is 83.1 Å². The molecule has 1 aromatic rings. The zero-order chi connectivity index (χ0) is 20.1. The average Bonchev–Trinajstić information content (AvgIpc) is 3.52. The predicted octanol–water partition coefficient (Wildman–Crippen LogP) is 6.60. The Morgan fingerprint density at radius 2 is 1.96 bits per heavy atom. The molecule has 1 saturated carbocycles. The smallest absolute Gasteiger partial charge is 0.161 e. The Balaban J connectivity index is 1.47. The van der Waals surface area contributed by atoms with Gasteiger partial charge in [0.1, 0.15) is 11.4 Å². The van der Waals surface area contributed by atoms with E-state index in [0.717, 1.165) is 57.8 Å². The van der Waals surface area contributed by atoms with Crippen molar-refractivity contribution in [3.05, 3.63) is 47.8 Å². The van der Waals surface area contributed by atoms with Crippen LogP contribution in [0.5, 0.6) is 0 Å². The molecule has 0 radical (unpaired) electrons. The Morgan fingerprint density at radius 1 is 1.25 bits per heavy atom. The van der Waals surface area contributed by atoms with Gasteiger partial charge in [0.25, 0.3) is 0 Å². The molecule has 0 bridgehead atoms. The lowest BCUT2D eigenvalue weighted by Crippen LogP contribution is -2.47. The molecule has 2 nitrogen and oxygen atoms in total. The van der Waals surface area contributed by atoms with Crippen LogP contribution < -0.4 is 0 Å². The topological polar surface area (TPSA) is 26.3 Å². The first kappa shape index (κ1) is 21.2. The minimum absolute atomic E-state index is 0.173. The number of halogens is 1. The number of rotatable bonds is 10. The van der Waals surface area contributed by atoms with E-state index in [9.17, 15) is 9.18 Å². The number of Topliss-reactive ketones (excluding diaryl/α,β-unsaturated/α-hetero) is 1. The summed E-state index contributed by atoms with van der Waals surface area (Å²) in [7, 11) is 0. The summed E-state index contributed by atoms with van der Waals surface area (Å²) >= 11 is 0. The molecule has 0 spiro atoms. The number of hydrogen-bond acceptors (Lipinski definition) is 2. The number of allylic oxidation sites excluding steroid dienone is 1. The first-order valence-electron chi connectivity index (χ1n) is 11.0. The number of carbonyl (C=O) groups excluding carboxylic acids is 1. The molecule has 1 heterocycles. The van der Waals surface area contributed by atoms with Crippen molar-refractivity contribution in [1.29, 1.82) is 0 Å². The number of ketones is 1. The molecular formula is C25H35FO2. The van der Waals surface area contributed by atoms with Crippen LogP contribution in [0.15, 0.2) is 36.4 Å². The summed E-state index contributed by atoms with van der Waals surface area (Å²) < 4.78 is 19.4. The minimum Gasteiger partial charge on any atom is -0.367 e. The van der Waals surface area contributed by atoms with E-state index in [0.29, 0.717) is 24.4 Å². The number of ether oxygens (including phenoxy) is 1. The fourth-order valence-corrected chi connectivity index (χ4v) is 4.89. The predicted molar refractivity (Wildman–Crippen MR) is 112 cm³/mol. The molecule has 1 unspecified atom stereocenters. The van der Waals surface area contributed by atoms with E-state index in [1.54, 1.807) is 19.1 Å². The van der Waals surface area contributed by atoms with Crippen LogP contribution in [0.2, 0.25) is 0 Å². The maximum Gasteiger partial charge on any atom is 0.161 e. The third-order valence-electron chi connectivity index (χ3n) is 6.74. The molecule has 0 amide bonds. The lowest BCUT2D eigenvalue weighted by atomic mass is 9.80. The van der Waals surface area contributed by atoms with E-state index in [2.05, 4.69) is 13.5 Å². The summed E-state index contributed by atoms with van der Waals surface area (Å²) in [5.41, 5.74) is 2.03. The second kappa shape index (κ2) is 9.35. The van der Waals surface area contributed by atoms with E-state index in [1.165, 1.54) is 11.1 Å². The van der Waals surface area contributed by atoms with Gasteiger partial charge in [-0.3, -0.25) is 4.79 Å².